The van der Waals surface area contributed by atoms with Gasteiger partial charge in [0.05, 0.1) is 6.21 Å². The van der Waals surface area contributed by atoms with Gasteiger partial charge in [-0.25, -0.2) is 5.43 Å². The first-order chi connectivity index (χ1) is 13.5. The first-order valence-electron chi connectivity index (χ1n) is 8.88. The number of rotatable bonds is 6. The Morgan fingerprint density at radius 3 is 2.54 bits per heavy atom. The smallest absolute Gasteiger partial charge is 0.240 e. The number of carbonyl (C=O) groups excluding carboxylic acids is 2. The lowest BCUT2D eigenvalue weighted by atomic mass is 10.1. The molecule has 0 aliphatic rings. The predicted octanol–water partition coefficient (Wildman–Crippen LogP) is 4.67. The molecule has 2 N–H and O–H groups in total. The molecule has 0 aliphatic heterocycles. The largest absolute Gasteiger partial charge is 0.326 e. The summed E-state index contributed by atoms with van der Waals surface area (Å²) >= 11 is 6.03. The van der Waals surface area contributed by atoms with Crippen molar-refractivity contribution in [2.45, 2.75) is 19.8 Å². The van der Waals surface area contributed by atoms with E-state index in [1.807, 2.05) is 49.4 Å². The van der Waals surface area contributed by atoms with Gasteiger partial charge in [-0.2, -0.15) is 5.10 Å². The van der Waals surface area contributed by atoms with Crippen LogP contribution in [0.15, 0.2) is 65.8 Å². The van der Waals surface area contributed by atoms with E-state index in [2.05, 4.69) is 15.8 Å². The van der Waals surface area contributed by atoms with E-state index in [4.69, 9.17) is 11.6 Å². The minimum Gasteiger partial charge on any atom is -0.326 e. The third-order valence-electron chi connectivity index (χ3n) is 4.30. The van der Waals surface area contributed by atoms with Gasteiger partial charge in [0, 0.05) is 23.6 Å². The van der Waals surface area contributed by atoms with Gasteiger partial charge in [0.2, 0.25) is 11.8 Å². The molecule has 0 aliphatic carbocycles. The molecule has 142 valence electrons. The third kappa shape index (κ3) is 5.18. The van der Waals surface area contributed by atoms with Gasteiger partial charge in [-0.05, 0) is 47.0 Å². The van der Waals surface area contributed by atoms with Crippen molar-refractivity contribution in [1.82, 2.24) is 5.43 Å². The van der Waals surface area contributed by atoms with Crippen LogP contribution in [0, 0.1) is 6.92 Å². The molecular weight excluding hydrogens is 374 g/mol. The van der Waals surface area contributed by atoms with E-state index in [0.717, 1.165) is 21.9 Å². The van der Waals surface area contributed by atoms with Crippen molar-refractivity contribution in [3.8, 4) is 0 Å². The van der Waals surface area contributed by atoms with E-state index < -0.39 is 0 Å². The Morgan fingerprint density at radius 1 is 0.964 bits per heavy atom. The number of halogens is 1. The van der Waals surface area contributed by atoms with Gasteiger partial charge < -0.3 is 5.32 Å². The summed E-state index contributed by atoms with van der Waals surface area (Å²) in [6.45, 7) is 1.83. The fraction of sp³-hybridized carbons (Fsp3) is 0.136. The zero-order chi connectivity index (χ0) is 19.9. The Hall–Kier alpha value is -3.18. The summed E-state index contributed by atoms with van der Waals surface area (Å²) in [5.41, 5.74) is 4.77. The van der Waals surface area contributed by atoms with E-state index >= 15 is 0 Å². The van der Waals surface area contributed by atoms with Crippen LogP contribution in [0.1, 0.15) is 24.0 Å². The highest BCUT2D eigenvalue weighted by molar-refractivity contribution is 6.31. The minimum atomic E-state index is -0.324. The van der Waals surface area contributed by atoms with Gasteiger partial charge in [-0.15, -0.1) is 0 Å². The highest BCUT2D eigenvalue weighted by Gasteiger charge is 2.09. The third-order valence-corrected chi connectivity index (χ3v) is 4.71. The molecule has 0 fully saturated rings. The van der Waals surface area contributed by atoms with Gasteiger partial charge in [0.15, 0.2) is 0 Å². The number of fused-ring (bicyclic) bond motifs is 1. The number of hydrogen-bond donors (Lipinski definition) is 2. The van der Waals surface area contributed by atoms with Gasteiger partial charge in [-0.1, -0.05) is 54.1 Å². The van der Waals surface area contributed by atoms with Crippen molar-refractivity contribution in [2.75, 3.05) is 5.32 Å². The number of amides is 2. The first kappa shape index (κ1) is 19.6. The number of hydrazone groups is 1. The Kier molecular flexibility index (Phi) is 6.40. The summed E-state index contributed by atoms with van der Waals surface area (Å²) in [5, 5.41) is 9.55. The molecule has 0 atom stereocenters. The summed E-state index contributed by atoms with van der Waals surface area (Å²) in [4.78, 5) is 23.9. The predicted molar refractivity (Wildman–Crippen MR) is 114 cm³/mol. The van der Waals surface area contributed by atoms with E-state index in [1.54, 1.807) is 24.4 Å². The van der Waals surface area contributed by atoms with Crippen LogP contribution in [0.2, 0.25) is 5.02 Å². The second-order valence-electron chi connectivity index (χ2n) is 6.36. The molecule has 0 saturated carbocycles. The highest BCUT2D eigenvalue weighted by Crippen LogP contribution is 2.23. The lowest BCUT2D eigenvalue weighted by Gasteiger charge is -2.09. The number of anilines is 1. The van der Waals surface area contributed by atoms with Crippen molar-refractivity contribution < 1.29 is 9.59 Å². The second kappa shape index (κ2) is 9.15. The van der Waals surface area contributed by atoms with Crippen LogP contribution in [-0.4, -0.2) is 18.0 Å². The molecule has 28 heavy (non-hydrogen) atoms. The molecule has 3 rings (SSSR count). The molecule has 0 radical (unpaired) electrons. The standard InChI is InChI=1S/C22H20ClN3O2/c1-15-19(23)7-4-8-20(15)25-21(27)11-12-22(28)26-24-14-16-9-10-17-5-2-3-6-18(17)13-16/h2-10,13-14H,11-12H2,1H3,(H,25,27)(H,26,28)/b24-14-. The zero-order valence-corrected chi connectivity index (χ0v) is 16.2. The van der Waals surface area contributed by atoms with Crippen LogP contribution in [0.5, 0.6) is 0 Å². The monoisotopic (exact) mass is 393 g/mol. The summed E-state index contributed by atoms with van der Waals surface area (Å²) in [6, 6.07) is 19.2. The fourth-order valence-electron chi connectivity index (χ4n) is 2.71. The maximum atomic E-state index is 12.0. The Balaban J connectivity index is 1.47. The average molecular weight is 394 g/mol. The molecule has 0 spiro atoms. The summed E-state index contributed by atoms with van der Waals surface area (Å²) in [7, 11) is 0. The molecular formula is C22H20ClN3O2. The van der Waals surface area contributed by atoms with E-state index in [0.29, 0.717) is 10.7 Å². The van der Waals surface area contributed by atoms with Crippen molar-refractivity contribution in [3.05, 3.63) is 76.8 Å². The SMILES string of the molecule is Cc1c(Cl)cccc1NC(=O)CCC(=O)N/N=C\c1ccc2ccccc2c1. The quantitative estimate of drug-likeness (QED) is 0.472. The lowest BCUT2D eigenvalue weighted by molar-refractivity contribution is -0.124. The molecule has 2 amide bonds. The van der Waals surface area contributed by atoms with Crippen LogP contribution in [-0.2, 0) is 9.59 Å². The molecule has 3 aromatic rings. The van der Waals surface area contributed by atoms with Crippen molar-refractivity contribution in [2.24, 2.45) is 5.10 Å². The molecule has 0 saturated heterocycles. The van der Waals surface area contributed by atoms with Crippen LogP contribution in [0.25, 0.3) is 10.8 Å². The maximum absolute atomic E-state index is 12.0. The Bertz CT molecular complexity index is 1050. The topological polar surface area (TPSA) is 70.6 Å². The van der Waals surface area contributed by atoms with Crippen molar-refractivity contribution in [3.63, 3.8) is 0 Å². The molecule has 6 heteroatoms. The normalized spacial score (nSPS) is 10.9. The van der Waals surface area contributed by atoms with Gasteiger partial charge in [0.1, 0.15) is 0 Å². The van der Waals surface area contributed by atoms with Gasteiger partial charge in [0.25, 0.3) is 0 Å². The van der Waals surface area contributed by atoms with Crippen LogP contribution < -0.4 is 10.7 Å². The second-order valence-corrected chi connectivity index (χ2v) is 6.77. The Labute approximate surface area is 168 Å². The van der Waals surface area contributed by atoms with Gasteiger partial charge in [-0.3, -0.25) is 9.59 Å². The summed E-state index contributed by atoms with van der Waals surface area (Å²) in [6.07, 6.45) is 1.68. The number of benzene rings is 3. The van der Waals surface area contributed by atoms with E-state index in [1.165, 1.54) is 0 Å². The molecule has 0 aromatic heterocycles. The minimum absolute atomic E-state index is 0.0422. The lowest BCUT2D eigenvalue weighted by Crippen LogP contribution is -2.20. The number of hydrogen-bond acceptors (Lipinski definition) is 3. The molecule has 3 aromatic carbocycles. The molecule has 0 heterocycles. The zero-order valence-electron chi connectivity index (χ0n) is 15.4. The van der Waals surface area contributed by atoms with Crippen molar-refractivity contribution in [1.29, 1.82) is 0 Å². The van der Waals surface area contributed by atoms with Crippen LogP contribution >= 0.6 is 11.6 Å². The number of nitrogens with one attached hydrogen (secondary N) is 2. The summed E-state index contributed by atoms with van der Waals surface area (Å²) in [5.74, 6) is -0.575. The van der Waals surface area contributed by atoms with Crippen LogP contribution in [0.3, 0.4) is 0 Å². The molecule has 5 nitrogen and oxygen atoms in total. The molecule has 0 unspecified atom stereocenters. The Morgan fingerprint density at radius 2 is 1.71 bits per heavy atom. The van der Waals surface area contributed by atoms with Crippen molar-refractivity contribution >= 4 is 46.1 Å². The van der Waals surface area contributed by atoms with Gasteiger partial charge >= 0.3 is 0 Å². The average Bonchev–Trinajstić information content (AvgIpc) is 2.70. The fourth-order valence-corrected chi connectivity index (χ4v) is 2.88. The van der Waals surface area contributed by atoms with E-state index in [9.17, 15) is 9.59 Å². The number of nitrogens with zero attached hydrogens (tertiary/aromatic N) is 1. The first-order valence-corrected chi connectivity index (χ1v) is 9.26. The highest BCUT2D eigenvalue weighted by atomic mass is 35.5. The van der Waals surface area contributed by atoms with E-state index in [-0.39, 0.29) is 24.7 Å². The maximum Gasteiger partial charge on any atom is 0.240 e. The molecule has 0 bridgehead atoms. The number of carbonyl (C=O) groups is 2. The summed E-state index contributed by atoms with van der Waals surface area (Å²) < 4.78 is 0. The van der Waals surface area contributed by atoms with Crippen LogP contribution in [0.4, 0.5) is 5.69 Å².